The molecule has 0 aromatic rings. The molecule has 0 bridgehead atoms. The highest BCUT2D eigenvalue weighted by Gasteiger charge is 2.36. The summed E-state index contributed by atoms with van der Waals surface area (Å²) in [5.41, 5.74) is 1.08. The maximum absolute atomic E-state index is 11.1. The van der Waals surface area contributed by atoms with Crippen LogP contribution in [0.4, 0.5) is 0 Å². The Morgan fingerprint density at radius 2 is 1.80 bits per heavy atom. The van der Waals surface area contributed by atoms with Gasteiger partial charge in [0.15, 0.2) is 0 Å². The molecule has 4 heteroatoms. The highest BCUT2D eigenvalue weighted by Crippen LogP contribution is 2.42. The molecule has 1 aliphatic carbocycles. The van der Waals surface area contributed by atoms with Crippen LogP contribution in [0, 0.1) is 17.3 Å². The molecule has 15 heavy (non-hydrogen) atoms. The van der Waals surface area contributed by atoms with Gasteiger partial charge in [-0.15, -0.1) is 0 Å². The molecule has 0 N–H and O–H groups in total. The molecular weight excluding hydrogens is 210 g/mol. The van der Waals surface area contributed by atoms with Gasteiger partial charge in [-0.3, -0.25) is 0 Å². The number of hydrogen-bond acceptors (Lipinski definition) is 2. The largest absolute Gasteiger partial charge is 0.250 e. The van der Waals surface area contributed by atoms with Crippen molar-refractivity contribution in [3.63, 3.8) is 0 Å². The Hall–Kier alpha value is -0.380. The van der Waals surface area contributed by atoms with E-state index in [9.17, 15) is 8.42 Å². The van der Waals surface area contributed by atoms with Crippen molar-refractivity contribution in [2.45, 2.75) is 40.5 Å². The van der Waals surface area contributed by atoms with Crippen LogP contribution in [0.2, 0.25) is 0 Å². The molecule has 0 radical (unpaired) electrons. The third kappa shape index (κ3) is 3.59. The van der Waals surface area contributed by atoms with Gasteiger partial charge in [-0.2, -0.15) is 4.40 Å². The quantitative estimate of drug-likeness (QED) is 0.696. The monoisotopic (exact) mass is 231 g/mol. The first-order valence-corrected chi connectivity index (χ1v) is 7.22. The van der Waals surface area contributed by atoms with Crippen molar-refractivity contribution in [2.75, 3.05) is 6.26 Å². The third-order valence-corrected chi connectivity index (χ3v) is 3.70. The van der Waals surface area contributed by atoms with Gasteiger partial charge in [-0.1, -0.05) is 27.7 Å². The van der Waals surface area contributed by atoms with Gasteiger partial charge in [-0.25, -0.2) is 8.42 Å². The maximum atomic E-state index is 11.1. The first kappa shape index (κ1) is 12.7. The summed E-state index contributed by atoms with van der Waals surface area (Å²) in [6.07, 6.45) is 2.82. The predicted octanol–water partition coefficient (Wildman–Crippen LogP) is 2.48. The summed E-state index contributed by atoms with van der Waals surface area (Å²) in [4.78, 5) is 0. The summed E-state index contributed by atoms with van der Waals surface area (Å²) in [7, 11) is -3.21. The highest BCUT2D eigenvalue weighted by molar-refractivity contribution is 7.89. The van der Waals surface area contributed by atoms with E-state index < -0.39 is 10.0 Å². The van der Waals surface area contributed by atoms with Crippen molar-refractivity contribution >= 4 is 15.7 Å². The van der Waals surface area contributed by atoms with Crippen LogP contribution in [0.5, 0.6) is 0 Å². The van der Waals surface area contributed by atoms with Crippen molar-refractivity contribution in [1.82, 2.24) is 0 Å². The van der Waals surface area contributed by atoms with E-state index in [1.54, 1.807) is 0 Å². The first-order valence-electron chi connectivity index (χ1n) is 5.37. The Bertz CT molecular complexity index is 363. The number of rotatable bonds is 1. The minimum atomic E-state index is -3.21. The van der Waals surface area contributed by atoms with Gasteiger partial charge in [0.05, 0.1) is 6.26 Å². The molecule has 0 heterocycles. The van der Waals surface area contributed by atoms with Crippen LogP contribution in [0.25, 0.3) is 0 Å². The fourth-order valence-corrected chi connectivity index (χ4v) is 3.14. The summed E-state index contributed by atoms with van der Waals surface area (Å²) in [6.45, 7) is 8.80. The Morgan fingerprint density at radius 3 is 2.13 bits per heavy atom. The molecule has 88 valence electrons. The van der Waals surface area contributed by atoms with E-state index in [2.05, 4.69) is 32.1 Å². The molecule has 1 fully saturated rings. The highest BCUT2D eigenvalue weighted by atomic mass is 32.2. The molecule has 1 saturated carbocycles. The predicted molar refractivity (Wildman–Crippen MR) is 63.6 cm³/mol. The molecule has 0 aliphatic heterocycles. The lowest BCUT2D eigenvalue weighted by molar-refractivity contribution is 0.198. The summed E-state index contributed by atoms with van der Waals surface area (Å²) in [5, 5.41) is 0. The Morgan fingerprint density at radius 1 is 1.27 bits per heavy atom. The van der Waals surface area contributed by atoms with E-state index in [1.807, 2.05) is 0 Å². The van der Waals surface area contributed by atoms with Crippen LogP contribution in [0.1, 0.15) is 40.5 Å². The zero-order valence-corrected chi connectivity index (χ0v) is 11.1. The molecule has 0 aromatic carbocycles. The fraction of sp³-hybridized carbons (Fsp3) is 0.909. The molecule has 0 aromatic heterocycles. The molecule has 0 amide bonds. The SMILES string of the molecule is CC1C/C(=N/S(C)(=O)=O)CC1C(C)(C)C. The van der Waals surface area contributed by atoms with E-state index in [4.69, 9.17) is 0 Å². The average molecular weight is 231 g/mol. The summed E-state index contributed by atoms with van der Waals surface area (Å²) >= 11 is 0. The van der Waals surface area contributed by atoms with E-state index in [1.165, 1.54) is 0 Å². The van der Waals surface area contributed by atoms with Crippen molar-refractivity contribution in [1.29, 1.82) is 0 Å². The van der Waals surface area contributed by atoms with Crippen molar-refractivity contribution < 1.29 is 8.42 Å². The topological polar surface area (TPSA) is 46.5 Å². The van der Waals surface area contributed by atoms with Crippen LogP contribution in [0.15, 0.2) is 4.40 Å². The second-order valence-corrected chi connectivity index (χ2v) is 7.40. The van der Waals surface area contributed by atoms with E-state index >= 15 is 0 Å². The van der Waals surface area contributed by atoms with Crippen molar-refractivity contribution in [3.8, 4) is 0 Å². The van der Waals surface area contributed by atoms with Crippen LogP contribution in [-0.4, -0.2) is 20.4 Å². The van der Waals surface area contributed by atoms with E-state index in [-0.39, 0.29) is 5.41 Å². The normalized spacial score (nSPS) is 31.1. The summed E-state index contributed by atoms with van der Waals surface area (Å²) < 4.78 is 25.9. The van der Waals surface area contributed by atoms with Gasteiger partial charge in [0.1, 0.15) is 0 Å². The smallest absolute Gasteiger partial charge is 0.205 e. The van der Waals surface area contributed by atoms with Gasteiger partial charge in [0.2, 0.25) is 10.0 Å². The molecule has 2 atom stereocenters. The number of hydrogen-bond donors (Lipinski definition) is 0. The first-order chi connectivity index (χ1) is 6.59. The minimum Gasteiger partial charge on any atom is -0.205 e. The van der Waals surface area contributed by atoms with Crippen molar-refractivity contribution in [3.05, 3.63) is 0 Å². The van der Waals surface area contributed by atoms with E-state index in [0.717, 1.165) is 24.8 Å². The molecule has 2 unspecified atom stereocenters. The number of sulfonamides is 1. The van der Waals surface area contributed by atoms with Gasteiger partial charge < -0.3 is 0 Å². The Balaban J connectivity index is 2.86. The van der Waals surface area contributed by atoms with Crippen LogP contribution >= 0.6 is 0 Å². The van der Waals surface area contributed by atoms with E-state index in [0.29, 0.717) is 11.8 Å². The second kappa shape index (κ2) is 3.89. The molecule has 0 spiro atoms. The summed E-state index contributed by atoms with van der Waals surface area (Å²) in [5.74, 6) is 1.07. The zero-order chi connectivity index (χ0) is 11.9. The fourth-order valence-electron chi connectivity index (χ4n) is 2.52. The molecule has 0 saturated heterocycles. The minimum absolute atomic E-state index is 0.230. The maximum Gasteiger partial charge on any atom is 0.250 e. The van der Waals surface area contributed by atoms with Gasteiger partial charge >= 0.3 is 0 Å². The summed E-state index contributed by atoms with van der Waals surface area (Å²) in [6, 6.07) is 0. The van der Waals surface area contributed by atoms with Crippen molar-refractivity contribution in [2.24, 2.45) is 21.6 Å². The van der Waals surface area contributed by atoms with Gasteiger partial charge in [-0.05, 0) is 30.1 Å². The molecule has 1 aliphatic rings. The van der Waals surface area contributed by atoms with Crippen LogP contribution in [0.3, 0.4) is 0 Å². The molecule has 3 nitrogen and oxygen atoms in total. The lowest BCUT2D eigenvalue weighted by Crippen LogP contribution is -2.22. The van der Waals surface area contributed by atoms with Gasteiger partial charge in [0.25, 0.3) is 0 Å². The van der Waals surface area contributed by atoms with Gasteiger partial charge in [0, 0.05) is 5.71 Å². The average Bonchev–Trinajstić information content (AvgIpc) is 2.25. The standard InChI is InChI=1S/C11H21NO2S/c1-8-6-9(12-15(5,13)14)7-10(8)11(2,3)4/h8,10H,6-7H2,1-5H3/b12-9-. The lowest BCUT2D eigenvalue weighted by Gasteiger charge is -2.29. The molecular formula is C11H21NO2S. The zero-order valence-electron chi connectivity index (χ0n) is 10.2. The third-order valence-electron chi connectivity index (χ3n) is 3.11. The lowest BCUT2D eigenvalue weighted by atomic mass is 9.75. The second-order valence-electron chi connectivity index (χ2n) is 5.75. The van der Waals surface area contributed by atoms with Crippen LogP contribution in [-0.2, 0) is 10.0 Å². The Kier molecular flexibility index (Phi) is 3.29. The number of nitrogens with zero attached hydrogens (tertiary/aromatic N) is 1. The molecule has 1 rings (SSSR count). The van der Waals surface area contributed by atoms with Crippen LogP contribution < -0.4 is 0 Å². The Labute approximate surface area is 93.0 Å².